The van der Waals surface area contributed by atoms with Crippen molar-refractivity contribution in [2.45, 2.75) is 46.0 Å². The summed E-state index contributed by atoms with van der Waals surface area (Å²) in [6, 6.07) is 6.50. The molecule has 0 saturated carbocycles. The Morgan fingerprint density at radius 3 is 2.83 bits per heavy atom. The molecule has 7 heteroatoms. The summed E-state index contributed by atoms with van der Waals surface area (Å²) in [7, 11) is 0. The van der Waals surface area contributed by atoms with Gasteiger partial charge in [0.1, 0.15) is 5.82 Å². The third-order valence-corrected chi connectivity index (χ3v) is 6.53. The smallest absolute Gasteiger partial charge is 0.314 e. The van der Waals surface area contributed by atoms with E-state index in [4.69, 9.17) is 4.74 Å². The first-order valence-corrected chi connectivity index (χ1v) is 10.9. The first-order valence-electron chi connectivity index (χ1n) is 10.0. The molecule has 1 aliphatic rings. The number of esters is 1. The summed E-state index contributed by atoms with van der Waals surface area (Å²) in [6.07, 6.45) is 2.53. The zero-order chi connectivity index (χ0) is 20.9. The summed E-state index contributed by atoms with van der Waals surface area (Å²) in [5.74, 6) is -0.668. The molecule has 3 rings (SSSR count). The first kappa shape index (κ1) is 21.4. The standard InChI is InChI=1S/C22H27FN2O3S/c1-3-28-21(27)22(13-17-7-4-5-8-18(17)23)11-6-12-25(14-22)20(26)10-9-19-16(2)24-15-29-19/h4-5,7-8,15H,3,6,9-14H2,1-2H3/t22-/m0/s1. The van der Waals surface area contributed by atoms with Crippen molar-refractivity contribution in [1.29, 1.82) is 0 Å². The van der Waals surface area contributed by atoms with E-state index in [1.807, 2.05) is 6.92 Å². The fraction of sp³-hybridized carbons (Fsp3) is 0.500. The second-order valence-electron chi connectivity index (χ2n) is 7.55. The number of thiazole rings is 1. The highest BCUT2D eigenvalue weighted by Gasteiger charge is 2.45. The molecule has 0 unspecified atom stereocenters. The normalized spacial score (nSPS) is 19.2. The number of piperidine rings is 1. The van der Waals surface area contributed by atoms with Gasteiger partial charge in [-0.15, -0.1) is 11.3 Å². The van der Waals surface area contributed by atoms with Crippen molar-refractivity contribution in [2.24, 2.45) is 5.41 Å². The fourth-order valence-electron chi connectivity index (χ4n) is 3.96. The maximum Gasteiger partial charge on any atom is 0.314 e. The third-order valence-electron chi connectivity index (χ3n) is 5.54. The minimum Gasteiger partial charge on any atom is -0.466 e. The molecular weight excluding hydrogens is 391 g/mol. The number of hydrogen-bond acceptors (Lipinski definition) is 5. The fourth-order valence-corrected chi connectivity index (χ4v) is 4.74. The molecule has 5 nitrogen and oxygen atoms in total. The highest BCUT2D eigenvalue weighted by atomic mass is 32.1. The van der Waals surface area contributed by atoms with Gasteiger partial charge in [0.05, 0.1) is 23.2 Å². The van der Waals surface area contributed by atoms with Crippen molar-refractivity contribution in [1.82, 2.24) is 9.88 Å². The molecule has 0 spiro atoms. The Morgan fingerprint density at radius 1 is 1.34 bits per heavy atom. The van der Waals surface area contributed by atoms with Crippen LogP contribution in [-0.4, -0.2) is 41.5 Å². The highest BCUT2D eigenvalue weighted by molar-refractivity contribution is 7.09. The average Bonchev–Trinajstić information content (AvgIpc) is 3.13. The molecule has 0 radical (unpaired) electrons. The van der Waals surface area contributed by atoms with Gasteiger partial charge in [-0.1, -0.05) is 18.2 Å². The van der Waals surface area contributed by atoms with Crippen molar-refractivity contribution >= 4 is 23.2 Å². The predicted octanol–water partition coefficient (Wildman–Crippen LogP) is 3.94. The number of ether oxygens (including phenoxy) is 1. The Bertz CT molecular complexity index is 869. The predicted molar refractivity (Wildman–Crippen MR) is 110 cm³/mol. The van der Waals surface area contributed by atoms with E-state index in [2.05, 4.69) is 4.98 Å². The molecule has 0 aliphatic carbocycles. The lowest BCUT2D eigenvalue weighted by atomic mass is 9.74. The Kier molecular flexibility index (Phi) is 7.00. The number of carbonyl (C=O) groups is 2. The largest absolute Gasteiger partial charge is 0.466 e. The van der Waals surface area contributed by atoms with Crippen molar-refractivity contribution < 1.29 is 18.7 Å². The summed E-state index contributed by atoms with van der Waals surface area (Å²) in [6.45, 7) is 4.84. The van der Waals surface area contributed by atoms with Gasteiger partial charge in [-0.25, -0.2) is 9.37 Å². The lowest BCUT2D eigenvalue weighted by Gasteiger charge is -2.41. The molecule has 0 N–H and O–H groups in total. The van der Waals surface area contributed by atoms with Crippen LogP contribution in [0.2, 0.25) is 0 Å². The molecule has 29 heavy (non-hydrogen) atoms. The van der Waals surface area contributed by atoms with E-state index in [9.17, 15) is 14.0 Å². The molecule has 1 aromatic carbocycles. The van der Waals surface area contributed by atoms with Crippen LogP contribution in [0.3, 0.4) is 0 Å². The molecule has 1 atom stereocenters. The number of likely N-dealkylation sites (tertiary alicyclic amines) is 1. The number of aryl methyl sites for hydroxylation is 2. The van der Waals surface area contributed by atoms with E-state index < -0.39 is 5.41 Å². The number of rotatable bonds is 7. The van der Waals surface area contributed by atoms with Gasteiger partial charge in [0.15, 0.2) is 0 Å². The summed E-state index contributed by atoms with van der Waals surface area (Å²) >= 11 is 1.56. The topological polar surface area (TPSA) is 59.5 Å². The Labute approximate surface area is 174 Å². The van der Waals surface area contributed by atoms with Crippen LogP contribution >= 0.6 is 11.3 Å². The zero-order valence-corrected chi connectivity index (χ0v) is 17.8. The summed E-state index contributed by atoms with van der Waals surface area (Å²) < 4.78 is 19.7. The van der Waals surface area contributed by atoms with E-state index in [-0.39, 0.29) is 37.3 Å². The quantitative estimate of drug-likeness (QED) is 0.639. The molecule has 156 valence electrons. The van der Waals surface area contributed by atoms with Crippen LogP contribution in [0, 0.1) is 18.2 Å². The molecule has 1 saturated heterocycles. The number of amides is 1. The molecule has 1 amide bonds. The molecular formula is C22H27FN2O3S. The molecule has 0 bridgehead atoms. The zero-order valence-electron chi connectivity index (χ0n) is 16.9. The van der Waals surface area contributed by atoms with E-state index in [1.54, 1.807) is 46.9 Å². The van der Waals surface area contributed by atoms with Gasteiger partial charge < -0.3 is 9.64 Å². The Morgan fingerprint density at radius 2 is 2.14 bits per heavy atom. The lowest BCUT2D eigenvalue weighted by Crippen LogP contribution is -2.51. The Balaban J connectivity index is 1.76. The molecule has 1 aliphatic heterocycles. The van der Waals surface area contributed by atoms with Crippen molar-refractivity contribution in [3.63, 3.8) is 0 Å². The number of carbonyl (C=O) groups excluding carboxylic acids is 2. The Hall–Kier alpha value is -2.28. The second-order valence-corrected chi connectivity index (χ2v) is 8.49. The SMILES string of the molecule is CCOC(=O)[C@]1(Cc2ccccc2F)CCCN(C(=O)CCc2scnc2C)C1. The summed E-state index contributed by atoms with van der Waals surface area (Å²) in [4.78, 5) is 32.9. The lowest BCUT2D eigenvalue weighted by molar-refractivity contribution is -0.160. The van der Waals surface area contributed by atoms with Gasteiger partial charge in [0.25, 0.3) is 0 Å². The van der Waals surface area contributed by atoms with Gasteiger partial charge in [-0.2, -0.15) is 0 Å². The maximum absolute atomic E-state index is 14.3. The van der Waals surface area contributed by atoms with Crippen LogP contribution in [0.5, 0.6) is 0 Å². The number of halogens is 1. The number of benzene rings is 1. The van der Waals surface area contributed by atoms with Crippen LogP contribution in [0.15, 0.2) is 29.8 Å². The molecule has 1 aromatic heterocycles. The van der Waals surface area contributed by atoms with Gasteiger partial charge in [0.2, 0.25) is 5.91 Å². The van der Waals surface area contributed by atoms with Gasteiger partial charge in [-0.05, 0) is 51.2 Å². The van der Waals surface area contributed by atoms with E-state index in [0.29, 0.717) is 37.8 Å². The van der Waals surface area contributed by atoms with Crippen LogP contribution in [0.4, 0.5) is 4.39 Å². The summed E-state index contributed by atoms with van der Waals surface area (Å²) in [5.41, 5.74) is 2.32. The summed E-state index contributed by atoms with van der Waals surface area (Å²) in [5, 5.41) is 0. The number of nitrogens with zero attached hydrogens (tertiary/aromatic N) is 2. The van der Waals surface area contributed by atoms with E-state index in [1.165, 1.54) is 6.07 Å². The monoisotopic (exact) mass is 418 g/mol. The minimum atomic E-state index is -0.910. The van der Waals surface area contributed by atoms with Crippen LogP contribution in [0.1, 0.15) is 42.3 Å². The van der Waals surface area contributed by atoms with E-state index in [0.717, 1.165) is 10.6 Å². The van der Waals surface area contributed by atoms with Gasteiger partial charge in [-0.3, -0.25) is 9.59 Å². The second kappa shape index (κ2) is 9.48. The van der Waals surface area contributed by atoms with Crippen LogP contribution in [-0.2, 0) is 27.2 Å². The van der Waals surface area contributed by atoms with Gasteiger partial charge >= 0.3 is 5.97 Å². The van der Waals surface area contributed by atoms with Gasteiger partial charge in [0, 0.05) is 24.4 Å². The number of hydrogen-bond donors (Lipinski definition) is 0. The highest BCUT2D eigenvalue weighted by Crippen LogP contribution is 2.36. The van der Waals surface area contributed by atoms with Crippen LogP contribution < -0.4 is 0 Å². The van der Waals surface area contributed by atoms with Crippen molar-refractivity contribution in [3.05, 3.63) is 51.7 Å². The molecule has 2 heterocycles. The van der Waals surface area contributed by atoms with Crippen molar-refractivity contribution in [2.75, 3.05) is 19.7 Å². The first-order chi connectivity index (χ1) is 13.9. The van der Waals surface area contributed by atoms with E-state index >= 15 is 0 Å². The van der Waals surface area contributed by atoms with Crippen molar-refractivity contribution in [3.8, 4) is 0 Å². The maximum atomic E-state index is 14.3. The molecule has 2 aromatic rings. The van der Waals surface area contributed by atoms with Crippen LogP contribution in [0.25, 0.3) is 0 Å². The molecule has 1 fully saturated rings. The minimum absolute atomic E-state index is 0.0136. The third kappa shape index (κ3) is 5.01. The number of aromatic nitrogens is 1. The average molecular weight is 419 g/mol.